The summed E-state index contributed by atoms with van der Waals surface area (Å²) in [5, 5.41) is 0.789. The van der Waals surface area contributed by atoms with Crippen molar-refractivity contribution in [2.45, 2.75) is 32.2 Å². The van der Waals surface area contributed by atoms with Crippen LogP contribution in [0.4, 0.5) is 5.69 Å². The summed E-state index contributed by atoms with van der Waals surface area (Å²) in [6, 6.07) is 17.3. The zero-order chi connectivity index (χ0) is 17.2. The maximum Gasteiger partial charge on any atom is 0.201 e. The summed E-state index contributed by atoms with van der Waals surface area (Å²) in [6.07, 6.45) is 3.42. The van der Waals surface area contributed by atoms with Gasteiger partial charge in [0.25, 0.3) is 0 Å². The van der Waals surface area contributed by atoms with E-state index < -0.39 is 0 Å². The predicted molar refractivity (Wildman–Crippen MR) is 106 cm³/mol. The monoisotopic (exact) mass is 353 g/mol. The first-order valence-corrected chi connectivity index (χ1v) is 9.60. The van der Waals surface area contributed by atoms with Crippen LogP contribution in [0.15, 0.2) is 53.5 Å². The highest BCUT2D eigenvalue weighted by Gasteiger charge is 2.37. The zero-order valence-corrected chi connectivity index (χ0v) is 15.4. The summed E-state index contributed by atoms with van der Waals surface area (Å²) in [5.41, 5.74) is 3.86. The minimum Gasteiger partial charge on any atom is -0.331 e. The SMILES string of the molecule is CCCCN1C2=NCCCN2C(c2ccccc2)c2ccc(Cl)cc21. The highest BCUT2D eigenvalue weighted by Crippen LogP contribution is 2.42. The van der Waals surface area contributed by atoms with E-state index in [0.29, 0.717) is 0 Å². The number of rotatable bonds is 4. The molecule has 0 bridgehead atoms. The third kappa shape index (κ3) is 3.02. The van der Waals surface area contributed by atoms with E-state index >= 15 is 0 Å². The van der Waals surface area contributed by atoms with Gasteiger partial charge in [0.2, 0.25) is 5.96 Å². The summed E-state index contributed by atoms with van der Waals surface area (Å²) in [5.74, 6) is 1.11. The van der Waals surface area contributed by atoms with Gasteiger partial charge in [0.1, 0.15) is 0 Å². The molecule has 2 aliphatic heterocycles. The van der Waals surface area contributed by atoms with Crippen LogP contribution in [0.5, 0.6) is 0 Å². The average molecular weight is 354 g/mol. The van der Waals surface area contributed by atoms with Gasteiger partial charge in [-0.05, 0) is 30.5 Å². The number of anilines is 1. The van der Waals surface area contributed by atoms with E-state index in [2.05, 4.69) is 59.2 Å². The molecule has 2 heterocycles. The fourth-order valence-electron chi connectivity index (χ4n) is 3.88. The Balaban J connectivity index is 1.88. The Morgan fingerprint density at radius 2 is 2.00 bits per heavy atom. The van der Waals surface area contributed by atoms with Crippen molar-refractivity contribution in [3.63, 3.8) is 0 Å². The number of hydrogen-bond donors (Lipinski definition) is 0. The Morgan fingerprint density at radius 1 is 1.16 bits per heavy atom. The first-order chi connectivity index (χ1) is 12.3. The van der Waals surface area contributed by atoms with Gasteiger partial charge < -0.3 is 9.80 Å². The minimum absolute atomic E-state index is 0.213. The molecule has 0 fully saturated rings. The molecule has 0 aromatic heterocycles. The van der Waals surface area contributed by atoms with Gasteiger partial charge in [0, 0.05) is 30.2 Å². The third-order valence-corrected chi connectivity index (χ3v) is 5.28. The van der Waals surface area contributed by atoms with Crippen LogP contribution in [0, 0.1) is 0 Å². The second kappa shape index (κ2) is 7.09. The van der Waals surface area contributed by atoms with E-state index in [9.17, 15) is 0 Å². The van der Waals surface area contributed by atoms with Crippen LogP contribution in [0.2, 0.25) is 5.02 Å². The molecule has 3 nitrogen and oxygen atoms in total. The summed E-state index contributed by atoms with van der Waals surface area (Å²) >= 11 is 6.36. The zero-order valence-electron chi connectivity index (χ0n) is 14.7. The molecule has 0 N–H and O–H groups in total. The topological polar surface area (TPSA) is 18.8 Å². The van der Waals surface area contributed by atoms with Crippen molar-refractivity contribution in [1.82, 2.24) is 4.90 Å². The number of hydrogen-bond acceptors (Lipinski definition) is 3. The summed E-state index contributed by atoms with van der Waals surface area (Å²) in [4.78, 5) is 9.77. The molecule has 0 amide bonds. The summed E-state index contributed by atoms with van der Waals surface area (Å²) < 4.78 is 0. The molecule has 0 radical (unpaired) electrons. The van der Waals surface area contributed by atoms with Crippen LogP contribution < -0.4 is 4.90 Å². The first-order valence-electron chi connectivity index (χ1n) is 9.22. The van der Waals surface area contributed by atoms with Crippen molar-refractivity contribution >= 4 is 23.2 Å². The second-order valence-electron chi connectivity index (χ2n) is 6.75. The molecule has 0 spiro atoms. The molecule has 2 aromatic carbocycles. The van der Waals surface area contributed by atoms with Crippen molar-refractivity contribution < 1.29 is 0 Å². The van der Waals surface area contributed by atoms with Crippen molar-refractivity contribution in [2.24, 2.45) is 4.99 Å². The molecule has 2 aliphatic rings. The quantitative estimate of drug-likeness (QED) is 0.760. The van der Waals surface area contributed by atoms with Crippen LogP contribution in [0.25, 0.3) is 0 Å². The second-order valence-corrected chi connectivity index (χ2v) is 7.19. The van der Waals surface area contributed by atoms with Gasteiger partial charge in [0.05, 0.1) is 11.7 Å². The Kier molecular flexibility index (Phi) is 4.67. The average Bonchev–Trinajstić information content (AvgIpc) is 2.66. The standard InChI is InChI=1S/C21H24ClN3/c1-2-3-13-24-19-15-17(22)10-11-18(19)20(16-8-5-4-6-9-16)25-14-7-12-23-21(24)25/h4-6,8-11,15,20H,2-3,7,12-14H2,1H3. The number of unbranched alkanes of at least 4 members (excludes halogenated alkanes) is 1. The van der Waals surface area contributed by atoms with E-state index in [4.69, 9.17) is 16.6 Å². The largest absolute Gasteiger partial charge is 0.331 e. The molecule has 0 aliphatic carbocycles. The number of nitrogens with zero attached hydrogens (tertiary/aromatic N) is 3. The number of halogens is 1. The Hall–Kier alpha value is -2.00. The number of guanidine groups is 1. The molecule has 25 heavy (non-hydrogen) atoms. The Morgan fingerprint density at radius 3 is 2.80 bits per heavy atom. The molecular weight excluding hydrogens is 330 g/mol. The van der Waals surface area contributed by atoms with Crippen molar-refractivity contribution in [1.29, 1.82) is 0 Å². The molecule has 0 saturated heterocycles. The Bertz CT molecular complexity index is 772. The molecule has 4 rings (SSSR count). The van der Waals surface area contributed by atoms with E-state index in [1.165, 1.54) is 23.2 Å². The van der Waals surface area contributed by atoms with Crippen molar-refractivity contribution in [3.8, 4) is 0 Å². The van der Waals surface area contributed by atoms with Crippen molar-refractivity contribution in [3.05, 3.63) is 64.7 Å². The fourth-order valence-corrected chi connectivity index (χ4v) is 4.05. The van der Waals surface area contributed by atoms with Gasteiger partial charge in [0.15, 0.2) is 0 Å². The highest BCUT2D eigenvalue weighted by atomic mass is 35.5. The maximum atomic E-state index is 6.36. The van der Waals surface area contributed by atoms with Gasteiger partial charge in [-0.2, -0.15) is 0 Å². The van der Waals surface area contributed by atoms with Crippen molar-refractivity contribution in [2.75, 3.05) is 24.5 Å². The summed E-state index contributed by atoms with van der Waals surface area (Å²) in [7, 11) is 0. The van der Waals surface area contributed by atoms with Gasteiger partial charge >= 0.3 is 0 Å². The van der Waals surface area contributed by atoms with E-state index in [0.717, 1.165) is 43.5 Å². The molecule has 130 valence electrons. The number of benzene rings is 2. The molecule has 4 heteroatoms. The normalized spacial score (nSPS) is 19.3. The lowest BCUT2D eigenvalue weighted by Gasteiger charge is -2.47. The van der Waals surface area contributed by atoms with Crippen LogP contribution in [0.1, 0.15) is 43.4 Å². The molecule has 2 aromatic rings. The van der Waals surface area contributed by atoms with Gasteiger partial charge in [-0.25, -0.2) is 0 Å². The van der Waals surface area contributed by atoms with Gasteiger partial charge in [-0.15, -0.1) is 0 Å². The van der Waals surface area contributed by atoms with E-state index in [-0.39, 0.29) is 6.04 Å². The van der Waals surface area contributed by atoms with E-state index in [1.807, 2.05) is 6.07 Å². The Labute approximate surface area is 154 Å². The fraction of sp³-hybridized carbons (Fsp3) is 0.381. The number of aliphatic imine (C=N–C) groups is 1. The molecule has 1 unspecified atom stereocenters. The minimum atomic E-state index is 0.213. The third-order valence-electron chi connectivity index (χ3n) is 5.05. The maximum absolute atomic E-state index is 6.36. The smallest absolute Gasteiger partial charge is 0.201 e. The summed E-state index contributed by atoms with van der Waals surface area (Å²) in [6.45, 7) is 5.17. The molecule has 1 atom stereocenters. The first kappa shape index (κ1) is 16.5. The lowest BCUT2D eigenvalue weighted by atomic mass is 9.92. The molecular formula is C21H24ClN3. The van der Waals surface area contributed by atoms with Crippen LogP contribution in [-0.4, -0.2) is 30.5 Å². The highest BCUT2D eigenvalue weighted by molar-refractivity contribution is 6.31. The number of fused-ring (bicyclic) bond motifs is 2. The van der Waals surface area contributed by atoms with E-state index in [1.54, 1.807) is 0 Å². The molecule has 0 saturated carbocycles. The lowest BCUT2D eigenvalue weighted by molar-refractivity contribution is 0.322. The van der Waals surface area contributed by atoms with Crippen LogP contribution in [-0.2, 0) is 0 Å². The predicted octanol–water partition coefficient (Wildman–Crippen LogP) is 5.11. The van der Waals surface area contributed by atoms with Crippen LogP contribution >= 0.6 is 11.6 Å². The lowest BCUT2D eigenvalue weighted by Crippen LogP contribution is -2.53. The van der Waals surface area contributed by atoms with Gasteiger partial charge in [-0.1, -0.05) is 61.3 Å². The van der Waals surface area contributed by atoms with Crippen LogP contribution in [0.3, 0.4) is 0 Å². The van der Waals surface area contributed by atoms with Gasteiger partial charge in [-0.3, -0.25) is 4.99 Å².